The normalized spacial score (nSPS) is 9.18. The number of carboxylic acid groups (broad SMARTS) is 4. The highest BCUT2D eigenvalue weighted by Crippen LogP contribution is 2.10. The molecular weight excluding hydrogens is 440 g/mol. The van der Waals surface area contributed by atoms with Gasteiger partial charge in [0.2, 0.25) is 0 Å². The quantitative estimate of drug-likeness (QED) is 0.106. The van der Waals surface area contributed by atoms with E-state index in [1.165, 1.54) is 0 Å². The van der Waals surface area contributed by atoms with Crippen LogP contribution in [-0.4, -0.2) is 44.3 Å². The van der Waals surface area contributed by atoms with Crippen LogP contribution in [-0.2, 0) is 19.2 Å². The van der Waals surface area contributed by atoms with E-state index in [9.17, 15) is 19.2 Å². The summed E-state index contributed by atoms with van der Waals surface area (Å²) in [5, 5.41) is 33.5. The lowest BCUT2D eigenvalue weighted by atomic mass is 10.1. The molecule has 0 aromatic carbocycles. The van der Waals surface area contributed by atoms with E-state index in [-0.39, 0.29) is 25.7 Å². The van der Waals surface area contributed by atoms with Crippen LogP contribution in [0.3, 0.4) is 0 Å². The van der Waals surface area contributed by atoms with Crippen LogP contribution in [0.1, 0.15) is 116 Å². The fraction of sp³-hybridized carbons (Fsp3) is 0.692. The second-order valence-corrected chi connectivity index (χ2v) is 7.52. The summed E-state index contributed by atoms with van der Waals surface area (Å²) in [5.74, 6) is -2.91. The van der Waals surface area contributed by atoms with Crippen LogP contribution in [0, 0.1) is 0 Å². The van der Waals surface area contributed by atoms with Gasteiger partial charge >= 0.3 is 23.9 Å². The van der Waals surface area contributed by atoms with Gasteiger partial charge in [0.1, 0.15) is 0 Å². The number of hydrogen-bond donors (Lipinski definition) is 4. The van der Waals surface area contributed by atoms with E-state index in [0.29, 0.717) is 0 Å². The molecule has 0 fully saturated rings. The van der Waals surface area contributed by atoms with Crippen LogP contribution in [0.15, 0.2) is 26.3 Å². The van der Waals surface area contributed by atoms with Crippen molar-refractivity contribution in [3.63, 3.8) is 0 Å². The maximum absolute atomic E-state index is 10.2. The van der Waals surface area contributed by atoms with E-state index >= 15 is 0 Å². The zero-order valence-corrected chi connectivity index (χ0v) is 21.0. The summed E-state index contributed by atoms with van der Waals surface area (Å²) >= 11 is 0. The summed E-state index contributed by atoms with van der Waals surface area (Å²) in [6.07, 6.45) is 14.3. The highest BCUT2D eigenvalue weighted by Gasteiger charge is 1.99. The Labute approximate surface area is 205 Å². The van der Waals surface area contributed by atoms with Crippen LogP contribution >= 0.6 is 0 Å². The molecule has 8 nitrogen and oxygen atoms in total. The third kappa shape index (κ3) is 51.8. The first-order chi connectivity index (χ1) is 16.3. The molecule has 0 aromatic rings. The molecule has 0 saturated heterocycles. The molecule has 0 aliphatic carbocycles. The third-order valence-electron chi connectivity index (χ3n) is 4.56. The maximum Gasteiger partial charge on any atom is 0.303 e. The zero-order chi connectivity index (χ0) is 27.0. The van der Waals surface area contributed by atoms with Crippen LogP contribution in [0.2, 0.25) is 0 Å². The fourth-order valence-corrected chi connectivity index (χ4v) is 2.87. The van der Waals surface area contributed by atoms with Crippen LogP contribution in [0.5, 0.6) is 0 Å². The maximum atomic E-state index is 10.2. The van der Waals surface area contributed by atoms with Gasteiger partial charge in [0.25, 0.3) is 0 Å². The molecule has 0 bridgehead atoms. The van der Waals surface area contributed by atoms with E-state index in [0.717, 1.165) is 89.9 Å². The van der Waals surface area contributed by atoms with Crippen LogP contribution < -0.4 is 0 Å². The number of hydrogen-bond acceptors (Lipinski definition) is 4. The average Bonchev–Trinajstić information content (AvgIpc) is 2.79. The molecule has 4 N–H and O–H groups in total. The summed E-state index contributed by atoms with van der Waals surface area (Å²) in [7, 11) is 0. The monoisotopic (exact) mass is 488 g/mol. The van der Waals surface area contributed by atoms with E-state index < -0.39 is 23.9 Å². The number of aliphatic carboxylic acids is 4. The van der Waals surface area contributed by atoms with Crippen LogP contribution in [0.25, 0.3) is 0 Å². The van der Waals surface area contributed by atoms with E-state index in [4.69, 9.17) is 20.4 Å². The number of carbonyl (C=O) groups is 4. The highest BCUT2D eigenvalue weighted by molar-refractivity contribution is 5.67. The standard InChI is InChI=1S/C12H22O4.C10H18O4.2C2H4/c13-11(14)9-7-5-3-1-2-4-6-8-10-12(15)16;11-9(12)7-5-3-1-2-4-6-8-10(13)14;2*1-2/h1-10H2,(H,13,14)(H,15,16);1-8H2,(H,11,12)(H,13,14);2*1-2H2. The Hall–Kier alpha value is -2.64. The summed E-state index contributed by atoms with van der Waals surface area (Å²) in [4.78, 5) is 40.7. The van der Waals surface area contributed by atoms with E-state index in [2.05, 4.69) is 26.3 Å². The van der Waals surface area contributed by atoms with Crippen molar-refractivity contribution in [3.05, 3.63) is 26.3 Å². The minimum Gasteiger partial charge on any atom is -0.481 e. The molecule has 0 amide bonds. The van der Waals surface area contributed by atoms with Gasteiger partial charge in [-0.15, -0.1) is 26.3 Å². The first-order valence-electron chi connectivity index (χ1n) is 12.1. The Morgan fingerprint density at radius 1 is 0.324 bits per heavy atom. The lowest BCUT2D eigenvalue weighted by Gasteiger charge is -2.00. The summed E-state index contributed by atoms with van der Waals surface area (Å²) < 4.78 is 0. The van der Waals surface area contributed by atoms with Gasteiger partial charge < -0.3 is 20.4 Å². The summed E-state index contributed by atoms with van der Waals surface area (Å²) in [6, 6.07) is 0. The van der Waals surface area contributed by atoms with Gasteiger partial charge in [-0.2, -0.15) is 0 Å². The second kappa shape index (κ2) is 35.0. The smallest absolute Gasteiger partial charge is 0.303 e. The largest absolute Gasteiger partial charge is 0.481 e. The molecular formula is C26H48O8. The van der Waals surface area contributed by atoms with Crippen molar-refractivity contribution in [2.24, 2.45) is 0 Å². The molecule has 0 aliphatic rings. The van der Waals surface area contributed by atoms with Crippen molar-refractivity contribution in [3.8, 4) is 0 Å². The number of unbranched alkanes of at least 4 members (excludes halogenated alkanes) is 12. The molecule has 0 radical (unpaired) electrons. The van der Waals surface area contributed by atoms with Crippen molar-refractivity contribution in [1.82, 2.24) is 0 Å². The lowest BCUT2D eigenvalue weighted by molar-refractivity contribution is -0.138. The molecule has 0 spiro atoms. The first kappa shape index (κ1) is 38.6. The van der Waals surface area contributed by atoms with Crippen LogP contribution in [0.4, 0.5) is 0 Å². The van der Waals surface area contributed by atoms with E-state index in [1.807, 2.05) is 0 Å². The SMILES string of the molecule is C=C.C=C.O=C(O)CCCCCCCCC(=O)O.O=C(O)CCCCCCCCCCC(=O)O. The Bertz CT molecular complexity index is 447. The van der Waals surface area contributed by atoms with Gasteiger partial charge in [0.05, 0.1) is 0 Å². The van der Waals surface area contributed by atoms with Gasteiger partial charge in [-0.05, 0) is 25.7 Å². The molecule has 200 valence electrons. The van der Waals surface area contributed by atoms with Crippen molar-refractivity contribution < 1.29 is 39.6 Å². The minimum atomic E-state index is -0.740. The molecule has 34 heavy (non-hydrogen) atoms. The molecule has 0 aromatic heterocycles. The molecule has 0 atom stereocenters. The predicted octanol–water partition coefficient (Wildman–Crippen LogP) is 6.94. The van der Waals surface area contributed by atoms with Crippen molar-refractivity contribution in [2.75, 3.05) is 0 Å². The molecule has 0 rings (SSSR count). The zero-order valence-electron chi connectivity index (χ0n) is 21.0. The van der Waals surface area contributed by atoms with Gasteiger partial charge in [0.15, 0.2) is 0 Å². The first-order valence-corrected chi connectivity index (χ1v) is 12.1. The van der Waals surface area contributed by atoms with Gasteiger partial charge in [0, 0.05) is 25.7 Å². The topological polar surface area (TPSA) is 149 Å². The lowest BCUT2D eigenvalue weighted by Crippen LogP contribution is -1.94. The van der Waals surface area contributed by atoms with Gasteiger partial charge in [-0.1, -0.05) is 64.2 Å². The number of carboxylic acids is 4. The highest BCUT2D eigenvalue weighted by atomic mass is 16.4. The fourth-order valence-electron chi connectivity index (χ4n) is 2.87. The Morgan fingerprint density at radius 3 is 0.559 bits per heavy atom. The Kier molecular flexibility index (Phi) is 39.7. The van der Waals surface area contributed by atoms with Crippen molar-refractivity contribution in [2.45, 2.75) is 116 Å². The number of rotatable bonds is 20. The molecule has 0 heterocycles. The second-order valence-electron chi connectivity index (χ2n) is 7.52. The van der Waals surface area contributed by atoms with Gasteiger partial charge in [-0.25, -0.2) is 0 Å². The summed E-state index contributed by atoms with van der Waals surface area (Å²) in [6.45, 7) is 12.0. The third-order valence-corrected chi connectivity index (χ3v) is 4.56. The molecule has 0 saturated carbocycles. The average molecular weight is 489 g/mol. The molecule has 0 aliphatic heterocycles. The Balaban J connectivity index is -0.000000232. The van der Waals surface area contributed by atoms with Crippen molar-refractivity contribution >= 4 is 23.9 Å². The minimum absolute atomic E-state index is 0.245. The van der Waals surface area contributed by atoms with Crippen molar-refractivity contribution in [1.29, 1.82) is 0 Å². The Morgan fingerprint density at radius 2 is 0.441 bits per heavy atom. The predicted molar refractivity (Wildman–Crippen MR) is 136 cm³/mol. The summed E-state index contributed by atoms with van der Waals surface area (Å²) in [5.41, 5.74) is 0. The molecule has 8 heteroatoms. The molecule has 0 unspecified atom stereocenters. The van der Waals surface area contributed by atoms with E-state index in [1.54, 1.807) is 0 Å². The van der Waals surface area contributed by atoms with Gasteiger partial charge in [-0.3, -0.25) is 19.2 Å².